The van der Waals surface area contributed by atoms with Crippen LogP contribution in [0.4, 0.5) is 4.39 Å². The van der Waals surface area contributed by atoms with Gasteiger partial charge in [-0.25, -0.2) is 4.39 Å². The molecular weight excluding hydrogens is 217 g/mol. The molecule has 0 bridgehead atoms. The molecule has 1 aromatic rings. The summed E-state index contributed by atoms with van der Waals surface area (Å²) in [5.74, 6) is -0.175. The maximum absolute atomic E-state index is 13.5. The molecule has 0 radical (unpaired) electrons. The third-order valence-electron chi connectivity index (χ3n) is 2.53. The normalized spacial score (nSPS) is 12.7. The zero-order valence-corrected chi connectivity index (χ0v) is 9.86. The molecule has 1 atom stereocenters. The van der Waals surface area contributed by atoms with Crippen molar-refractivity contribution in [3.05, 3.63) is 28.0 Å². The van der Waals surface area contributed by atoms with E-state index in [-0.39, 0.29) is 11.7 Å². The number of rotatable bonds is 3. The van der Waals surface area contributed by atoms with Gasteiger partial charge in [-0.2, -0.15) is 0 Å². The van der Waals surface area contributed by atoms with Gasteiger partial charge in [0.1, 0.15) is 0 Å². The molecule has 0 amide bonds. The first-order valence-electron chi connectivity index (χ1n) is 4.75. The monoisotopic (exact) mass is 231 g/mol. The SMILES string of the molecule is COc1c(F)cc(Cl)c(C)c1C(C)CN. The van der Waals surface area contributed by atoms with E-state index in [4.69, 9.17) is 22.1 Å². The van der Waals surface area contributed by atoms with Crippen molar-refractivity contribution in [2.75, 3.05) is 13.7 Å². The number of ether oxygens (including phenoxy) is 1. The highest BCUT2D eigenvalue weighted by Crippen LogP contribution is 2.35. The second-order valence-electron chi connectivity index (χ2n) is 3.55. The summed E-state index contributed by atoms with van der Waals surface area (Å²) in [6, 6.07) is 1.27. The summed E-state index contributed by atoms with van der Waals surface area (Å²) in [5.41, 5.74) is 7.16. The Morgan fingerprint density at radius 2 is 2.20 bits per heavy atom. The summed E-state index contributed by atoms with van der Waals surface area (Å²) in [7, 11) is 1.44. The third kappa shape index (κ3) is 2.24. The zero-order valence-electron chi connectivity index (χ0n) is 9.10. The van der Waals surface area contributed by atoms with E-state index in [9.17, 15) is 4.39 Å². The molecule has 15 heavy (non-hydrogen) atoms. The lowest BCUT2D eigenvalue weighted by Gasteiger charge is -2.18. The lowest BCUT2D eigenvalue weighted by Crippen LogP contribution is -2.12. The van der Waals surface area contributed by atoms with Crippen LogP contribution in [0.15, 0.2) is 6.07 Å². The van der Waals surface area contributed by atoms with Crippen LogP contribution in [0.25, 0.3) is 0 Å². The van der Waals surface area contributed by atoms with Gasteiger partial charge in [0.05, 0.1) is 7.11 Å². The summed E-state index contributed by atoms with van der Waals surface area (Å²) in [5, 5.41) is 0.406. The van der Waals surface area contributed by atoms with E-state index >= 15 is 0 Å². The quantitative estimate of drug-likeness (QED) is 0.868. The minimum absolute atomic E-state index is 0.0214. The van der Waals surface area contributed by atoms with Gasteiger partial charge in [-0.1, -0.05) is 18.5 Å². The van der Waals surface area contributed by atoms with Crippen molar-refractivity contribution in [2.45, 2.75) is 19.8 Å². The van der Waals surface area contributed by atoms with Gasteiger partial charge in [-0.15, -0.1) is 0 Å². The van der Waals surface area contributed by atoms with Gasteiger partial charge in [0.15, 0.2) is 11.6 Å². The Labute approximate surface area is 94.2 Å². The largest absolute Gasteiger partial charge is 0.493 e. The smallest absolute Gasteiger partial charge is 0.166 e. The van der Waals surface area contributed by atoms with E-state index in [1.54, 1.807) is 0 Å². The van der Waals surface area contributed by atoms with Gasteiger partial charge in [0, 0.05) is 10.6 Å². The Hall–Kier alpha value is -0.800. The van der Waals surface area contributed by atoms with E-state index < -0.39 is 5.82 Å². The maximum Gasteiger partial charge on any atom is 0.166 e. The molecule has 1 unspecified atom stereocenters. The molecule has 84 valence electrons. The fraction of sp³-hybridized carbons (Fsp3) is 0.455. The highest BCUT2D eigenvalue weighted by molar-refractivity contribution is 6.31. The molecule has 0 aliphatic carbocycles. The standard InChI is InChI=1S/C11H15ClFNO/c1-6(5-14)10-7(2)8(12)4-9(13)11(10)15-3/h4,6H,5,14H2,1-3H3. The van der Waals surface area contributed by atoms with Crippen molar-refractivity contribution in [1.82, 2.24) is 0 Å². The molecule has 2 N–H and O–H groups in total. The van der Waals surface area contributed by atoms with Crippen molar-refractivity contribution >= 4 is 11.6 Å². The molecule has 0 saturated carbocycles. The second-order valence-corrected chi connectivity index (χ2v) is 3.96. The number of methoxy groups -OCH3 is 1. The fourth-order valence-corrected chi connectivity index (χ4v) is 1.83. The number of nitrogens with two attached hydrogens (primary N) is 1. The van der Waals surface area contributed by atoms with Gasteiger partial charge >= 0.3 is 0 Å². The maximum atomic E-state index is 13.5. The van der Waals surface area contributed by atoms with Crippen LogP contribution in [0.1, 0.15) is 24.0 Å². The van der Waals surface area contributed by atoms with Crippen LogP contribution in [0.5, 0.6) is 5.75 Å². The summed E-state index contributed by atoms with van der Waals surface area (Å²) in [6.07, 6.45) is 0. The van der Waals surface area contributed by atoms with Crippen molar-refractivity contribution in [3.8, 4) is 5.75 Å². The molecule has 0 heterocycles. The Bertz CT molecular complexity index is 368. The van der Waals surface area contributed by atoms with Crippen LogP contribution in [0, 0.1) is 12.7 Å². The Kier molecular flexibility index (Phi) is 3.94. The van der Waals surface area contributed by atoms with Crippen molar-refractivity contribution in [1.29, 1.82) is 0 Å². The van der Waals surface area contributed by atoms with E-state index in [1.165, 1.54) is 13.2 Å². The molecule has 4 heteroatoms. The number of benzene rings is 1. The Balaban J connectivity index is 3.43. The molecule has 0 fully saturated rings. The number of halogens is 2. The van der Waals surface area contributed by atoms with Crippen LogP contribution in [-0.2, 0) is 0 Å². The summed E-state index contributed by atoms with van der Waals surface area (Å²) in [4.78, 5) is 0. The number of hydrogen-bond acceptors (Lipinski definition) is 2. The third-order valence-corrected chi connectivity index (χ3v) is 2.92. The first kappa shape index (κ1) is 12.3. The van der Waals surface area contributed by atoms with Gasteiger partial charge in [-0.3, -0.25) is 0 Å². The lowest BCUT2D eigenvalue weighted by atomic mass is 9.95. The van der Waals surface area contributed by atoms with Crippen LogP contribution >= 0.6 is 11.6 Å². The molecule has 0 saturated heterocycles. The fourth-order valence-electron chi connectivity index (χ4n) is 1.63. The molecule has 1 aromatic carbocycles. The molecule has 0 aliphatic rings. The van der Waals surface area contributed by atoms with Gasteiger partial charge in [0.25, 0.3) is 0 Å². The van der Waals surface area contributed by atoms with E-state index in [0.29, 0.717) is 11.6 Å². The van der Waals surface area contributed by atoms with Crippen molar-refractivity contribution in [3.63, 3.8) is 0 Å². The van der Waals surface area contributed by atoms with Crippen LogP contribution < -0.4 is 10.5 Å². The average molecular weight is 232 g/mol. The zero-order chi connectivity index (χ0) is 11.6. The molecular formula is C11H15ClFNO. The Morgan fingerprint density at radius 3 is 2.67 bits per heavy atom. The van der Waals surface area contributed by atoms with Crippen LogP contribution in [-0.4, -0.2) is 13.7 Å². The molecule has 2 nitrogen and oxygen atoms in total. The second kappa shape index (κ2) is 4.81. The minimum Gasteiger partial charge on any atom is -0.493 e. The first-order chi connectivity index (χ1) is 7.02. The summed E-state index contributed by atoms with van der Waals surface area (Å²) >= 11 is 5.91. The molecule has 0 aliphatic heterocycles. The summed E-state index contributed by atoms with van der Waals surface area (Å²) < 4.78 is 18.6. The highest BCUT2D eigenvalue weighted by Gasteiger charge is 2.19. The first-order valence-corrected chi connectivity index (χ1v) is 5.13. The topological polar surface area (TPSA) is 35.2 Å². The van der Waals surface area contributed by atoms with Gasteiger partial charge in [-0.05, 0) is 31.0 Å². The van der Waals surface area contributed by atoms with Crippen LogP contribution in [0.2, 0.25) is 5.02 Å². The van der Waals surface area contributed by atoms with Crippen molar-refractivity contribution in [2.24, 2.45) is 5.73 Å². The Morgan fingerprint density at radius 1 is 1.60 bits per heavy atom. The average Bonchev–Trinajstić information content (AvgIpc) is 2.21. The van der Waals surface area contributed by atoms with E-state index in [1.807, 2.05) is 13.8 Å². The highest BCUT2D eigenvalue weighted by atomic mass is 35.5. The predicted octanol–water partition coefficient (Wildman–Crippen LogP) is 2.86. The van der Waals surface area contributed by atoms with Gasteiger partial charge < -0.3 is 10.5 Å². The number of hydrogen-bond donors (Lipinski definition) is 1. The minimum atomic E-state index is -0.441. The predicted molar refractivity (Wildman–Crippen MR) is 60.2 cm³/mol. The molecule has 1 rings (SSSR count). The van der Waals surface area contributed by atoms with E-state index in [2.05, 4.69) is 0 Å². The van der Waals surface area contributed by atoms with Gasteiger partial charge in [0.2, 0.25) is 0 Å². The van der Waals surface area contributed by atoms with E-state index in [0.717, 1.165) is 11.1 Å². The lowest BCUT2D eigenvalue weighted by molar-refractivity contribution is 0.378. The summed E-state index contributed by atoms with van der Waals surface area (Å²) in [6.45, 7) is 4.18. The molecule has 0 spiro atoms. The molecule has 0 aromatic heterocycles. The van der Waals surface area contributed by atoms with Crippen molar-refractivity contribution < 1.29 is 9.13 Å². The van der Waals surface area contributed by atoms with Crippen LogP contribution in [0.3, 0.4) is 0 Å².